The van der Waals surface area contributed by atoms with Crippen molar-refractivity contribution in [1.82, 2.24) is 0 Å². The fourth-order valence-electron chi connectivity index (χ4n) is 2.58. The van der Waals surface area contributed by atoms with Crippen LogP contribution in [0.3, 0.4) is 0 Å². The number of hydrogen-bond donors (Lipinski definition) is 1. The van der Waals surface area contributed by atoms with Gasteiger partial charge in [-0.05, 0) is 40.9 Å². The molecule has 0 saturated heterocycles. The van der Waals surface area contributed by atoms with E-state index in [0.717, 1.165) is 12.0 Å². The molecule has 0 fully saturated rings. The fourth-order valence-corrected chi connectivity index (χ4v) is 2.58. The molecule has 1 rings (SSSR count). The summed E-state index contributed by atoms with van der Waals surface area (Å²) >= 11 is 0. The lowest BCUT2D eigenvalue weighted by Crippen LogP contribution is -2.24. The lowest BCUT2D eigenvalue weighted by molar-refractivity contribution is 0.0597. The van der Waals surface area contributed by atoms with Crippen LogP contribution in [0, 0.1) is 10.8 Å². The number of phenols is 1. The SMILES string of the molecule is COC(=O)c1cc(C(CC(C)(C)C)C(C)(C)C)ccc1O. The summed E-state index contributed by atoms with van der Waals surface area (Å²) in [7, 11) is 1.32. The number of rotatable bonds is 3. The number of ether oxygens (including phenoxy) is 1. The Morgan fingerprint density at radius 1 is 1.19 bits per heavy atom. The number of carbonyl (C=O) groups excluding carboxylic acids is 1. The molecule has 0 amide bonds. The molecular formula is C18H28O3. The van der Waals surface area contributed by atoms with Crippen molar-refractivity contribution in [3.05, 3.63) is 29.3 Å². The Labute approximate surface area is 128 Å². The Bertz CT molecular complexity index is 504. The van der Waals surface area contributed by atoms with E-state index < -0.39 is 5.97 Å². The minimum absolute atomic E-state index is 0.0333. The molecular weight excluding hydrogens is 264 g/mol. The van der Waals surface area contributed by atoms with Gasteiger partial charge in [-0.1, -0.05) is 47.6 Å². The van der Waals surface area contributed by atoms with Gasteiger partial charge in [0.05, 0.1) is 7.11 Å². The quantitative estimate of drug-likeness (QED) is 0.818. The average Bonchev–Trinajstić information content (AvgIpc) is 2.33. The van der Waals surface area contributed by atoms with Gasteiger partial charge in [0.1, 0.15) is 11.3 Å². The summed E-state index contributed by atoms with van der Waals surface area (Å²) in [5.74, 6) is -0.242. The van der Waals surface area contributed by atoms with Crippen molar-refractivity contribution in [2.75, 3.05) is 7.11 Å². The highest BCUT2D eigenvalue weighted by Gasteiger charge is 2.31. The van der Waals surface area contributed by atoms with Crippen molar-refractivity contribution in [2.45, 2.75) is 53.9 Å². The van der Waals surface area contributed by atoms with Crippen molar-refractivity contribution in [2.24, 2.45) is 10.8 Å². The molecule has 1 unspecified atom stereocenters. The Kier molecular flexibility index (Phi) is 5.08. The van der Waals surface area contributed by atoms with Gasteiger partial charge in [-0.3, -0.25) is 0 Å². The van der Waals surface area contributed by atoms with Crippen molar-refractivity contribution in [3.63, 3.8) is 0 Å². The standard InChI is InChI=1S/C18H28O3/c1-17(2,3)11-14(18(4,5)6)12-8-9-15(19)13(10-12)16(20)21-7/h8-10,14,19H,11H2,1-7H3. The van der Waals surface area contributed by atoms with Crippen molar-refractivity contribution in [3.8, 4) is 5.75 Å². The van der Waals surface area contributed by atoms with Crippen LogP contribution in [0.1, 0.15) is 69.8 Å². The number of carbonyl (C=O) groups is 1. The number of esters is 1. The van der Waals surface area contributed by atoms with E-state index in [4.69, 9.17) is 4.74 Å². The van der Waals surface area contributed by atoms with Crippen molar-refractivity contribution >= 4 is 5.97 Å². The Balaban J connectivity index is 3.29. The van der Waals surface area contributed by atoms with Gasteiger partial charge in [-0.15, -0.1) is 0 Å². The van der Waals surface area contributed by atoms with Crippen LogP contribution < -0.4 is 0 Å². The van der Waals surface area contributed by atoms with E-state index in [9.17, 15) is 9.90 Å². The lowest BCUT2D eigenvalue weighted by atomic mass is 9.69. The molecule has 0 aliphatic rings. The first-order valence-electron chi connectivity index (χ1n) is 7.37. The minimum atomic E-state index is -0.502. The predicted molar refractivity (Wildman–Crippen MR) is 85.7 cm³/mol. The first-order chi connectivity index (χ1) is 9.45. The summed E-state index contributed by atoms with van der Waals surface area (Å²) in [6, 6.07) is 5.26. The van der Waals surface area contributed by atoms with Gasteiger partial charge in [0, 0.05) is 0 Å². The third kappa shape index (κ3) is 4.76. The summed E-state index contributed by atoms with van der Waals surface area (Å²) in [5.41, 5.74) is 1.55. The zero-order valence-electron chi connectivity index (χ0n) is 14.3. The monoisotopic (exact) mass is 292 g/mol. The number of benzene rings is 1. The van der Waals surface area contributed by atoms with Crippen LogP contribution in [0.25, 0.3) is 0 Å². The van der Waals surface area contributed by atoms with Gasteiger partial charge in [-0.25, -0.2) is 4.79 Å². The molecule has 0 spiro atoms. The lowest BCUT2D eigenvalue weighted by Gasteiger charge is -2.36. The van der Waals surface area contributed by atoms with Crippen LogP contribution in [0.15, 0.2) is 18.2 Å². The van der Waals surface area contributed by atoms with Gasteiger partial charge >= 0.3 is 5.97 Å². The van der Waals surface area contributed by atoms with E-state index in [1.165, 1.54) is 7.11 Å². The molecule has 0 bridgehead atoms. The Morgan fingerprint density at radius 2 is 1.76 bits per heavy atom. The first-order valence-corrected chi connectivity index (χ1v) is 7.37. The molecule has 0 saturated carbocycles. The van der Waals surface area contributed by atoms with Crippen LogP contribution in [0.4, 0.5) is 0 Å². The zero-order valence-corrected chi connectivity index (χ0v) is 14.3. The highest BCUT2D eigenvalue weighted by Crippen LogP contribution is 2.43. The Hall–Kier alpha value is -1.51. The fraction of sp³-hybridized carbons (Fsp3) is 0.611. The summed E-state index contributed by atoms with van der Waals surface area (Å²) in [6.07, 6.45) is 1.00. The molecule has 0 aromatic heterocycles. The third-order valence-electron chi connectivity index (χ3n) is 3.69. The number of aromatic hydroxyl groups is 1. The maximum Gasteiger partial charge on any atom is 0.341 e. The number of hydrogen-bond acceptors (Lipinski definition) is 3. The number of methoxy groups -OCH3 is 1. The van der Waals surface area contributed by atoms with E-state index in [1.807, 2.05) is 6.07 Å². The molecule has 0 radical (unpaired) electrons. The summed E-state index contributed by atoms with van der Waals surface area (Å²) in [5, 5.41) is 9.85. The van der Waals surface area contributed by atoms with Crippen LogP contribution in [0.5, 0.6) is 5.75 Å². The highest BCUT2D eigenvalue weighted by atomic mass is 16.5. The molecule has 3 heteroatoms. The maximum absolute atomic E-state index is 11.8. The van der Waals surface area contributed by atoms with Crippen LogP contribution >= 0.6 is 0 Å². The first kappa shape index (κ1) is 17.5. The van der Waals surface area contributed by atoms with Gasteiger partial charge in [0.25, 0.3) is 0 Å². The molecule has 1 atom stereocenters. The maximum atomic E-state index is 11.8. The smallest absolute Gasteiger partial charge is 0.341 e. The topological polar surface area (TPSA) is 46.5 Å². The van der Waals surface area contributed by atoms with E-state index >= 15 is 0 Å². The van der Waals surface area contributed by atoms with Crippen molar-refractivity contribution in [1.29, 1.82) is 0 Å². The van der Waals surface area contributed by atoms with E-state index in [1.54, 1.807) is 12.1 Å². The molecule has 1 N–H and O–H groups in total. The number of phenolic OH excluding ortho intramolecular Hbond substituents is 1. The highest BCUT2D eigenvalue weighted by molar-refractivity contribution is 5.92. The molecule has 0 heterocycles. The Morgan fingerprint density at radius 3 is 2.19 bits per heavy atom. The van der Waals surface area contributed by atoms with Gasteiger partial charge < -0.3 is 9.84 Å². The normalized spacial score (nSPS) is 13.9. The summed E-state index contributed by atoms with van der Waals surface area (Å²) < 4.78 is 4.74. The molecule has 118 valence electrons. The molecule has 1 aromatic rings. The average molecular weight is 292 g/mol. The van der Waals surface area contributed by atoms with Crippen LogP contribution in [-0.4, -0.2) is 18.2 Å². The van der Waals surface area contributed by atoms with Crippen molar-refractivity contribution < 1.29 is 14.6 Å². The molecule has 0 aliphatic heterocycles. The van der Waals surface area contributed by atoms with E-state index in [0.29, 0.717) is 5.92 Å². The summed E-state index contributed by atoms with van der Waals surface area (Å²) in [4.78, 5) is 11.8. The largest absolute Gasteiger partial charge is 0.507 e. The summed E-state index contributed by atoms with van der Waals surface area (Å²) in [6.45, 7) is 13.3. The molecule has 0 aliphatic carbocycles. The second kappa shape index (κ2) is 6.08. The van der Waals surface area contributed by atoms with Gasteiger partial charge in [-0.2, -0.15) is 0 Å². The molecule has 21 heavy (non-hydrogen) atoms. The predicted octanol–water partition coefficient (Wildman–Crippen LogP) is 4.74. The van der Waals surface area contributed by atoms with Gasteiger partial charge in [0.2, 0.25) is 0 Å². The second-order valence-corrected chi connectivity index (χ2v) is 7.95. The van der Waals surface area contributed by atoms with E-state index in [2.05, 4.69) is 41.5 Å². The minimum Gasteiger partial charge on any atom is -0.507 e. The van der Waals surface area contributed by atoms with Gasteiger partial charge in [0.15, 0.2) is 0 Å². The second-order valence-electron chi connectivity index (χ2n) is 7.95. The molecule has 1 aromatic carbocycles. The van der Waals surface area contributed by atoms with Crippen LogP contribution in [0.2, 0.25) is 0 Å². The zero-order chi connectivity index (χ0) is 16.4. The third-order valence-corrected chi connectivity index (χ3v) is 3.69. The van der Waals surface area contributed by atoms with Crippen LogP contribution in [-0.2, 0) is 4.74 Å². The van der Waals surface area contributed by atoms with E-state index in [-0.39, 0.29) is 22.1 Å². The molecule has 3 nitrogen and oxygen atoms in total.